The van der Waals surface area contributed by atoms with Crippen LogP contribution in [0.15, 0.2) is 0 Å². The Bertz CT molecular complexity index is 112. The Morgan fingerprint density at radius 2 is 2.08 bits per heavy atom. The van der Waals surface area contributed by atoms with E-state index in [0.29, 0.717) is 6.61 Å². The Kier molecular flexibility index (Phi) is 4.62. The van der Waals surface area contributed by atoms with Gasteiger partial charge in [-0.1, -0.05) is 0 Å². The normalized spacial score (nSPS) is 19.5. The van der Waals surface area contributed by atoms with Gasteiger partial charge < -0.3 is 10.4 Å². The second-order valence-electron chi connectivity index (χ2n) is 3.86. The summed E-state index contributed by atoms with van der Waals surface area (Å²) < 4.78 is 0. The van der Waals surface area contributed by atoms with Crippen molar-refractivity contribution in [2.24, 2.45) is 5.92 Å². The quantitative estimate of drug-likeness (QED) is 0.569. The number of hydrogen-bond acceptors (Lipinski definition) is 2. The highest BCUT2D eigenvalue weighted by molar-refractivity contribution is 4.82. The van der Waals surface area contributed by atoms with E-state index >= 15 is 0 Å². The average molecular weight is 171 g/mol. The molecule has 1 aliphatic carbocycles. The van der Waals surface area contributed by atoms with Crippen molar-refractivity contribution in [2.75, 3.05) is 13.2 Å². The van der Waals surface area contributed by atoms with Crippen LogP contribution in [-0.4, -0.2) is 24.3 Å². The Labute approximate surface area is 75.4 Å². The number of aliphatic hydroxyl groups is 1. The molecule has 0 heterocycles. The zero-order chi connectivity index (χ0) is 8.81. The van der Waals surface area contributed by atoms with Crippen molar-refractivity contribution >= 4 is 0 Å². The van der Waals surface area contributed by atoms with Crippen molar-refractivity contribution in [3.05, 3.63) is 0 Å². The topological polar surface area (TPSA) is 32.3 Å². The summed E-state index contributed by atoms with van der Waals surface area (Å²) in [6.45, 7) is 3.75. The maximum atomic E-state index is 8.55. The van der Waals surface area contributed by atoms with Gasteiger partial charge in [-0.25, -0.2) is 0 Å². The van der Waals surface area contributed by atoms with Crippen molar-refractivity contribution in [3.63, 3.8) is 0 Å². The third-order valence-corrected chi connectivity index (χ3v) is 2.63. The first-order valence-corrected chi connectivity index (χ1v) is 5.19. The summed E-state index contributed by atoms with van der Waals surface area (Å²) in [6, 6.07) is 0.721. The van der Waals surface area contributed by atoms with Crippen LogP contribution in [0.5, 0.6) is 0 Å². The van der Waals surface area contributed by atoms with Gasteiger partial charge in [0.05, 0.1) is 0 Å². The van der Waals surface area contributed by atoms with Crippen LogP contribution in [0.25, 0.3) is 0 Å². The Hall–Kier alpha value is -0.0800. The Balaban J connectivity index is 1.81. The van der Waals surface area contributed by atoms with Crippen LogP contribution in [0.3, 0.4) is 0 Å². The highest BCUT2D eigenvalue weighted by atomic mass is 16.2. The van der Waals surface area contributed by atoms with Gasteiger partial charge in [-0.3, -0.25) is 0 Å². The second kappa shape index (κ2) is 5.55. The molecule has 0 radical (unpaired) electrons. The fourth-order valence-electron chi connectivity index (χ4n) is 1.51. The monoisotopic (exact) mass is 171 g/mol. The van der Waals surface area contributed by atoms with Crippen LogP contribution < -0.4 is 5.32 Å². The fourth-order valence-corrected chi connectivity index (χ4v) is 1.51. The van der Waals surface area contributed by atoms with Gasteiger partial charge in [0.1, 0.15) is 0 Å². The third-order valence-electron chi connectivity index (χ3n) is 2.63. The average Bonchev–Trinajstić information content (AvgIpc) is 2.86. The van der Waals surface area contributed by atoms with E-state index < -0.39 is 0 Å². The molecular weight excluding hydrogens is 150 g/mol. The van der Waals surface area contributed by atoms with Crippen molar-refractivity contribution in [1.29, 1.82) is 0 Å². The lowest BCUT2D eigenvalue weighted by molar-refractivity contribution is 0.282. The molecule has 1 fully saturated rings. The molecule has 0 aromatic heterocycles. The number of aliphatic hydroxyl groups excluding tert-OH is 1. The molecule has 1 atom stereocenters. The Morgan fingerprint density at radius 3 is 2.67 bits per heavy atom. The number of nitrogens with one attached hydrogen (secondary N) is 1. The molecule has 1 unspecified atom stereocenters. The summed E-state index contributed by atoms with van der Waals surface area (Å²) >= 11 is 0. The van der Waals surface area contributed by atoms with Crippen molar-refractivity contribution in [3.8, 4) is 0 Å². The van der Waals surface area contributed by atoms with Gasteiger partial charge in [-0.05, 0) is 51.5 Å². The largest absolute Gasteiger partial charge is 0.396 e. The van der Waals surface area contributed by atoms with E-state index in [0.717, 1.165) is 31.3 Å². The molecule has 2 N–H and O–H groups in total. The van der Waals surface area contributed by atoms with Crippen molar-refractivity contribution in [1.82, 2.24) is 5.32 Å². The smallest absolute Gasteiger partial charge is 0.0431 e. The summed E-state index contributed by atoms with van der Waals surface area (Å²) in [4.78, 5) is 0. The van der Waals surface area contributed by atoms with E-state index in [-0.39, 0.29) is 0 Å². The van der Waals surface area contributed by atoms with E-state index in [1.807, 2.05) is 0 Å². The summed E-state index contributed by atoms with van der Waals surface area (Å²) in [5.74, 6) is 0.961. The van der Waals surface area contributed by atoms with Crippen LogP contribution >= 0.6 is 0 Å². The predicted molar refractivity (Wildman–Crippen MR) is 51.1 cm³/mol. The molecule has 2 heteroatoms. The molecule has 1 aliphatic rings. The zero-order valence-corrected chi connectivity index (χ0v) is 8.05. The minimum absolute atomic E-state index is 0.345. The van der Waals surface area contributed by atoms with Crippen molar-refractivity contribution < 1.29 is 5.11 Å². The lowest BCUT2D eigenvalue weighted by Crippen LogP contribution is -2.28. The molecule has 72 valence electrons. The summed E-state index contributed by atoms with van der Waals surface area (Å²) in [5, 5.41) is 12.1. The first kappa shape index (κ1) is 10.0. The molecule has 2 nitrogen and oxygen atoms in total. The van der Waals surface area contributed by atoms with Crippen LogP contribution in [0.1, 0.15) is 39.0 Å². The standard InChI is InChI=1S/C10H21NO/c1-9(10-5-6-10)11-7-3-2-4-8-12/h9-12H,2-8H2,1H3. The number of rotatable bonds is 7. The molecule has 0 aliphatic heterocycles. The highest BCUT2D eigenvalue weighted by Gasteiger charge is 2.26. The van der Waals surface area contributed by atoms with Crippen LogP contribution in [0, 0.1) is 5.92 Å². The molecule has 12 heavy (non-hydrogen) atoms. The maximum Gasteiger partial charge on any atom is 0.0431 e. The maximum absolute atomic E-state index is 8.55. The zero-order valence-electron chi connectivity index (χ0n) is 8.05. The predicted octanol–water partition coefficient (Wildman–Crippen LogP) is 1.54. The van der Waals surface area contributed by atoms with E-state index in [2.05, 4.69) is 12.2 Å². The van der Waals surface area contributed by atoms with Gasteiger partial charge in [0.25, 0.3) is 0 Å². The molecule has 0 spiro atoms. The highest BCUT2D eigenvalue weighted by Crippen LogP contribution is 2.32. The van der Waals surface area contributed by atoms with E-state index in [1.165, 1.54) is 19.3 Å². The first-order chi connectivity index (χ1) is 5.84. The summed E-state index contributed by atoms with van der Waals surface area (Å²) in [5.41, 5.74) is 0. The van der Waals surface area contributed by atoms with E-state index in [9.17, 15) is 0 Å². The van der Waals surface area contributed by atoms with Gasteiger partial charge in [-0.15, -0.1) is 0 Å². The summed E-state index contributed by atoms with van der Waals surface area (Å²) in [6.07, 6.45) is 6.16. The lowest BCUT2D eigenvalue weighted by atomic mass is 10.2. The van der Waals surface area contributed by atoms with Crippen LogP contribution in [0.4, 0.5) is 0 Å². The van der Waals surface area contributed by atoms with E-state index in [1.54, 1.807) is 0 Å². The molecule has 1 rings (SSSR count). The molecule has 1 saturated carbocycles. The minimum atomic E-state index is 0.345. The molecule has 0 aromatic rings. The van der Waals surface area contributed by atoms with Gasteiger partial charge in [0, 0.05) is 12.6 Å². The molecule has 0 saturated heterocycles. The second-order valence-corrected chi connectivity index (χ2v) is 3.86. The first-order valence-electron chi connectivity index (χ1n) is 5.19. The van der Waals surface area contributed by atoms with Gasteiger partial charge in [0.15, 0.2) is 0 Å². The van der Waals surface area contributed by atoms with E-state index in [4.69, 9.17) is 5.11 Å². The number of hydrogen-bond donors (Lipinski definition) is 2. The van der Waals surface area contributed by atoms with Gasteiger partial charge >= 0.3 is 0 Å². The molecular formula is C10H21NO. The lowest BCUT2D eigenvalue weighted by Gasteiger charge is -2.11. The third kappa shape index (κ3) is 4.07. The van der Waals surface area contributed by atoms with Crippen LogP contribution in [-0.2, 0) is 0 Å². The minimum Gasteiger partial charge on any atom is -0.396 e. The Morgan fingerprint density at radius 1 is 1.33 bits per heavy atom. The van der Waals surface area contributed by atoms with Gasteiger partial charge in [0.2, 0.25) is 0 Å². The molecule has 0 aromatic carbocycles. The number of unbranched alkanes of at least 4 members (excludes halogenated alkanes) is 2. The van der Waals surface area contributed by atoms with Crippen molar-refractivity contribution in [2.45, 2.75) is 45.1 Å². The summed E-state index contributed by atoms with van der Waals surface area (Å²) in [7, 11) is 0. The molecule has 0 bridgehead atoms. The molecule has 0 amide bonds. The van der Waals surface area contributed by atoms with Crippen LogP contribution in [0.2, 0.25) is 0 Å². The SMILES string of the molecule is CC(NCCCCCO)C1CC1. The van der Waals surface area contributed by atoms with Gasteiger partial charge in [-0.2, -0.15) is 0 Å². The fraction of sp³-hybridized carbons (Fsp3) is 1.00.